The van der Waals surface area contributed by atoms with Crippen LogP contribution in [0.4, 0.5) is 0 Å². The molecule has 0 saturated heterocycles. The number of para-hydroxylation sites is 1. The first-order valence-electron chi connectivity index (χ1n) is 48.0. The number of nitrogens with zero attached hydrogens (tertiary/aromatic N) is 4. The van der Waals surface area contributed by atoms with Crippen LogP contribution in [0.5, 0.6) is 11.5 Å². The van der Waals surface area contributed by atoms with Gasteiger partial charge in [0.1, 0.15) is 5.82 Å². The minimum Gasteiger partial charge on any atom is -0.510 e. The Morgan fingerprint density at radius 1 is 0.453 bits per heavy atom. The van der Waals surface area contributed by atoms with Crippen molar-refractivity contribution in [1.29, 1.82) is 0 Å². The van der Waals surface area contributed by atoms with Crippen molar-refractivity contribution in [3.63, 3.8) is 0 Å². The second-order valence-electron chi connectivity index (χ2n) is 22.2. The van der Waals surface area contributed by atoms with E-state index in [2.05, 4.69) is 18.5 Å². The summed E-state index contributed by atoms with van der Waals surface area (Å²) < 4.78 is 377. The van der Waals surface area contributed by atoms with E-state index in [0.29, 0.717) is 16.7 Å². The number of pyridine rings is 1. The maximum atomic E-state index is 11.0. The molecule has 0 bridgehead atoms. The zero-order valence-electron chi connectivity index (χ0n) is 87.8. The van der Waals surface area contributed by atoms with Crippen molar-refractivity contribution in [1.82, 2.24) is 14.1 Å². The summed E-state index contributed by atoms with van der Waals surface area (Å²) in [5.74, 6) is 0.425. The molecular formula is C88H64N4OPtSi-2. The first-order valence-corrected chi connectivity index (χ1v) is 31.0. The maximum Gasteiger partial charge on any atom is 0.268 e. The van der Waals surface area contributed by atoms with Gasteiger partial charge in [-0.15, -0.1) is 29.7 Å². The first-order chi connectivity index (χ1) is 62.0. The first kappa shape index (κ1) is 31.3. The molecule has 458 valence electrons. The third-order valence-corrected chi connectivity index (χ3v) is 19.9. The summed E-state index contributed by atoms with van der Waals surface area (Å²) in [6, 6.07) is -14.5. The number of hydrogen-bond acceptors (Lipinski definition) is 2. The van der Waals surface area contributed by atoms with Crippen LogP contribution in [0.3, 0.4) is 0 Å². The van der Waals surface area contributed by atoms with Crippen LogP contribution >= 0.6 is 0 Å². The van der Waals surface area contributed by atoms with E-state index in [1.54, 1.807) is 18.3 Å². The molecule has 13 aromatic carbocycles. The molecule has 7 heteroatoms. The van der Waals surface area contributed by atoms with E-state index in [9.17, 15) is 38.4 Å². The molecule has 3 heterocycles. The van der Waals surface area contributed by atoms with Gasteiger partial charge in [-0.1, -0.05) is 274 Å². The molecule has 0 radical (unpaired) electrons. The third kappa shape index (κ3) is 11.2. The molecule has 0 saturated carbocycles. The fourth-order valence-electron chi connectivity index (χ4n) is 11.5. The van der Waals surface area contributed by atoms with Crippen LogP contribution in [0.2, 0.25) is 0 Å². The molecule has 95 heavy (non-hydrogen) atoms. The van der Waals surface area contributed by atoms with Gasteiger partial charge < -0.3 is 13.9 Å². The molecule has 0 unspecified atom stereocenters. The second-order valence-corrected chi connectivity index (χ2v) is 25.8. The minimum atomic E-state index is -7.07. The Morgan fingerprint density at radius 2 is 0.979 bits per heavy atom. The van der Waals surface area contributed by atoms with Gasteiger partial charge in [0.15, 0.2) is 8.07 Å². The molecule has 0 amide bonds. The van der Waals surface area contributed by atoms with Gasteiger partial charge in [-0.2, -0.15) is 18.2 Å². The fourth-order valence-corrected chi connectivity index (χ4v) is 15.5. The van der Waals surface area contributed by atoms with Crippen LogP contribution in [0.25, 0.3) is 106 Å². The molecule has 0 N–H and O–H groups in total. The van der Waals surface area contributed by atoms with Crippen LogP contribution in [-0.2, 0) is 26.5 Å². The van der Waals surface area contributed by atoms with E-state index in [1.165, 1.54) is 36.4 Å². The van der Waals surface area contributed by atoms with E-state index in [4.69, 9.17) is 23.4 Å². The summed E-state index contributed by atoms with van der Waals surface area (Å²) in [5.41, 5.74) is -9.31. The van der Waals surface area contributed by atoms with Gasteiger partial charge in [0, 0.05) is 44.3 Å². The predicted molar refractivity (Wildman–Crippen MR) is 389 cm³/mol. The number of imidazole rings is 1. The van der Waals surface area contributed by atoms with Crippen LogP contribution in [0.15, 0.2) is 333 Å². The summed E-state index contributed by atoms with van der Waals surface area (Å²) in [6.45, 7) is 6.13. The molecule has 0 atom stereocenters. The van der Waals surface area contributed by atoms with Crippen molar-refractivity contribution in [3.05, 3.63) is 357 Å². The topological polar surface area (TPSA) is 35.9 Å². The summed E-state index contributed by atoms with van der Waals surface area (Å²) in [4.78, 5) is 4.80. The van der Waals surface area contributed by atoms with Gasteiger partial charge in [-0.05, 0) is 147 Å². The van der Waals surface area contributed by atoms with Gasteiger partial charge >= 0.3 is 0 Å². The molecule has 0 aliphatic rings. The van der Waals surface area contributed by atoms with Crippen molar-refractivity contribution >= 4 is 61.7 Å². The van der Waals surface area contributed by atoms with Crippen molar-refractivity contribution in [3.8, 4) is 84.3 Å². The molecular weight excluding hydrogens is 1350 g/mol. The maximum absolute atomic E-state index is 11.0. The number of benzene rings is 13. The van der Waals surface area contributed by atoms with Crippen molar-refractivity contribution in [2.45, 2.75) is 26.2 Å². The van der Waals surface area contributed by atoms with E-state index >= 15 is 0 Å². The zero-order valence-corrected chi connectivity index (χ0v) is 53.1. The Balaban J connectivity index is 0.0000135. The van der Waals surface area contributed by atoms with Gasteiger partial charge in [-0.3, -0.25) is 4.57 Å². The Morgan fingerprint density at radius 3 is 1.56 bits per heavy atom. The van der Waals surface area contributed by atoms with Crippen LogP contribution < -0.4 is 30.1 Å². The standard InChI is InChI=1S/C88H64N4OSi.Pt/c1-88(2,3)71-50-51-89-86(58-71)92-81-45-26-25-44-78(81)79-48-47-74(60-83(79)92)93-73-37-27-36-72(59-73)90-61-91(82-49-46-66(56-84(82)90)62-28-11-4-12-29-62)87-80(70-53-67(63-30-13-5-14-31-63)52-68(54-70)64-32-15-6-16-33-64)55-69(65-34-17-7-18-35-65)57-85(87)94(75-38-19-8-20-39-75,76-40-21-9-22-41-76)77-42-23-10-24-43-77;/h4-58H,1-3H3;/q-2;/i4D,5D,6D,7D,8D,9D,10D,11D,12D,13D,14D,15D,16D,17D,18D,19D,20D,21D,22D,23D,24D,28D,29D,30D,31D,32D,33D,34D,35D,38D,39D,40D,41D,42D,43D,52D,53D,54D;. The Bertz CT molecular complexity index is 7400. The average molecular weight is 1450 g/mol. The monoisotopic (exact) mass is 1450 g/mol. The normalized spacial score (nSPS) is 17.3. The number of fused-ring (bicyclic) bond motifs is 4. The van der Waals surface area contributed by atoms with Gasteiger partial charge in [0.05, 0.1) is 68.8 Å². The van der Waals surface area contributed by atoms with E-state index in [0.717, 1.165) is 37.7 Å². The molecule has 0 fully saturated rings. The van der Waals surface area contributed by atoms with E-state index < -0.39 is 320 Å². The van der Waals surface area contributed by atoms with Crippen molar-refractivity contribution in [2.24, 2.45) is 0 Å². The predicted octanol–water partition coefficient (Wildman–Crippen LogP) is 18.6. The Kier molecular flexibility index (Phi) is 8.39. The Hall–Kier alpha value is -11.0. The van der Waals surface area contributed by atoms with Crippen LogP contribution in [0, 0.1) is 18.5 Å². The quantitative estimate of drug-likeness (QED) is 0.0471. The van der Waals surface area contributed by atoms with Gasteiger partial charge in [0.2, 0.25) is 0 Å². The third-order valence-electron chi connectivity index (χ3n) is 15.7. The second kappa shape index (κ2) is 25.5. The molecule has 0 aliphatic carbocycles. The molecule has 16 rings (SSSR count). The van der Waals surface area contributed by atoms with Gasteiger partial charge in [-0.25, -0.2) is 4.98 Å². The molecule has 16 aromatic rings. The van der Waals surface area contributed by atoms with Crippen molar-refractivity contribution in [2.75, 3.05) is 0 Å². The summed E-state index contributed by atoms with van der Waals surface area (Å²) in [7, 11) is -7.07. The number of hydrogen-bond donors (Lipinski definition) is 0. The fraction of sp³-hybridized carbons (Fsp3) is 0.0455. The van der Waals surface area contributed by atoms with Gasteiger partial charge in [0.25, 0.3) is 6.33 Å². The zero-order chi connectivity index (χ0) is 96.2. The average Bonchev–Trinajstić information content (AvgIpc) is 1.24. The summed E-state index contributed by atoms with van der Waals surface area (Å²) in [5, 5.41) is -3.39. The number of ether oxygens (including phenoxy) is 1. The summed E-state index contributed by atoms with van der Waals surface area (Å²) in [6.07, 6.45) is 4.88. The minimum absolute atomic E-state index is 0. The molecule has 0 spiro atoms. The smallest absolute Gasteiger partial charge is 0.268 e. The Labute approximate surface area is 623 Å². The van der Waals surface area contributed by atoms with Crippen LogP contribution in [-0.4, -0.2) is 22.2 Å². The summed E-state index contributed by atoms with van der Waals surface area (Å²) >= 11 is 0. The molecule has 5 nitrogen and oxygen atoms in total. The molecule has 3 aromatic heterocycles. The van der Waals surface area contributed by atoms with E-state index in [-0.39, 0.29) is 54.7 Å². The van der Waals surface area contributed by atoms with E-state index in [1.807, 2.05) is 61.7 Å². The van der Waals surface area contributed by atoms with Crippen LogP contribution in [0.1, 0.15) is 78.4 Å². The largest absolute Gasteiger partial charge is 0.510 e. The SMILES string of the molecule is [2H]c1c([2H])c([2H])c(-c2cc(-c3c([2H])c(-c4c([2H])c([2H])c([2H])c([2H])c4[2H])c([2H])c(-c4c([2H])c([2H])c([2H])c([2H])c4[2H])c3[2H])c(-[n+]3[c-]n(-c4[c-]c(Oc5[c-]c6c(cc5)c5ccccc5n6-c5cc(C(C)(C)C)ccn5)ccc4)c4cc(-c5c([2H])c([2H])c([2H])c([2H])c5[2H])ccc43)c([Si](c3c([2H])c([2H])c([2H])c([2H])c3[2H])(c3c([2H])c([2H])c([2H])c([2H])c3[2H])c3c([2H])c([2H])c([2H])c([2H])c3[2H])c2)c([2H])c1[2H].[Pt]. The number of aromatic nitrogens is 4. The molecule has 0 aliphatic heterocycles. The number of rotatable bonds is 14. The van der Waals surface area contributed by atoms with Crippen molar-refractivity contribution < 1.29 is 82.5 Å².